The Balaban J connectivity index is 1.78. The van der Waals surface area contributed by atoms with Crippen molar-refractivity contribution in [3.05, 3.63) is 0 Å². The van der Waals surface area contributed by atoms with E-state index < -0.39 is 0 Å². The number of hydrogen-bond donors (Lipinski definition) is 1. The van der Waals surface area contributed by atoms with Crippen molar-refractivity contribution >= 4 is 11.8 Å². The van der Waals surface area contributed by atoms with E-state index in [0.717, 1.165) is 23.1 Å². The number of nitrogens with one attached hydrogen (secondary N) is 1. The van der Waals surface area contributed by atoms with E-state index >= 15 is 0 Å². The van der Waals surface area contributed by atoms with Crippen LogP contribution in [-0.2, 0) is 0 Å². The first-order chi connectivity index (χ1) is 9.79. The summed E-state index contributed by atoms with van der Waals surface area (Å²) < 4.78 is 0. The van der Waals surface area contributed by atoms with Crippen molar-refractivity contribution in [2.24, 2.45) is 11.8 Å². The fourth-order valence-corrected chi connectivity index (χ4v) is 5.55. The van der Waals surface area contributed by atoms with Crippen LogP contribution in [0.1, 0.15) is 78.1 Å². The van der Waals surface area contributed by atoms with E-state index in [0.29, 0.717) is 0 Å². The predicted octanol–water partition coefficient (Wildman–Crippen LogP) is 5.25. The molecule has 118 valence electrons. The van der Waals surface area contributed by atoms with Gasteiger partial charge in [-0.05, 0) is 50.5 Å². The molecule has 0 heterocycles. The van der Waals surface area contributed by atoms with Crippen molar-refractivity contribution < 1.29 is 0 Å². The van der Waals surface area contributed by atoms with Crippen LogP contribution in [0.2, 0.25) is 0 Å². The molecular formula is C18H35NS. The second kappa shape index (κ2) is 9.35. The highest BCUT2D eigenvalue weighted by molar-refractivity contribution is 7.99. The van der Waals surface area contributed by atoms with Gasteiger partial charge in [-0.1, -0.05) is 46.0 Å². The summed E-state index contributed by atoms with van der Waals surface area (Å²) in [5.41, 5.74) is 0. The Morgan fingerprint density at radius 2 is 1.85 bits per heavy atom. The quantitative estimate of drug-likeness (QED) is 0.689. The van der Waals surface area contributed by atoms with Gasteiger partial charge in [0, 0.05) is 17.0 Å². The van der Waals surface area contributed by atoms with Crippen LogP contribution in [0.5, 0.6) is 0 Å². The van der Waals surface area contributed by atoms with Crippen LogP contribution in [0.4, 0.5) is 0 Å². The summed E-state index contributed by atoms with van der Waals surface area (Å²) in [6.45, 7) is 5.96. The molecule has 0 aromatic rings. The third-order valence-corrected chi connectivity index (χ3v) is 6.76. The zero-order valence-corrected chi connectivity index (χ0v) is 14.5. The van der Waals surface area contributed by atoms with Gasteiger partial charge in [-0.2, -0.15) is 11.8 Å². The van der Waals surface area contributed by atoms with Gasteiger partial charge in [0.05, 0.1) is 0 Å². The Kier molecular flexibility index (Phi) is 7.80. The summed E-state index contributed by atoms with van der Waals surface area (Å²) in [7, 11) is 0. The zero-order valence-electron chi connectivity index (χ0n) is 13.7. The van der Waals surface area contributed by atoms with Crippen molar-refractivity contribution in [1.82, 2.24) is 5.32 Å². The maximum absolute atomic E-state index is 3.88. The van der Waals surface area contributed by atoms with Crippen LogP contribution >= 0.6 is 11.8 Å². The lowest BCUT2D eigenvalue weighted by Crippen LogP contribution is -2.41. The maximum Gasteiger partial charge on any atom is 0.0186 e. The average molecular weight is 298 g/mol. The summed E-state index contributed by atoms with van der Waals surface area (Å²) >= 11 is 2.29. The monoisotopic (exact) mass is 297 g/mol. The van der Waals surface area contributed by atoms with Crippen LogP contribution in [0.15, 0.2) is 0 Å². The van der Waals surface area contributed by atoms with Gasteiger partial charge in [0.1, 0.15) is 0 Å². The Labute approximate surface area is 131 Å². The summed E-state index contributed by atoms with van der Waals surface area (Å²) in [5.74, 6) is 3.27. The fraction of sp³-hybridized carbons (Fsp3) is 1.00. The number of hydrogen-bond acceptors (Lipinski definition) is 2. The standard InChI is InChI=1S/C18H35NS/c1-3-12-19-18(16-9-7-8-15(2)13-16)14-20-17-10-5-4-6-11-17/h15-19H,3-14H2,1-2H3. The third-order valence-electron chi connectivity index (χ3n) is 5.27. The number of thioether (sulfide) groups is 1. The molecule has 1 nitrogen and oxygen atoms in total. The van der Waals surface area contributed by atoms with E-state index in [1.165, 1.54) is 76.5 Å². The smallest absolute Gasteiger partial charge is 0.0186 e. The first-order valence-electron chi connectivity index (χ1n) is 9.14. The molecule has 2 rings (SSSR count). The minimum atomic E-state index is 0.782. The van der Waals surface area contributed by atoms with Gasteiger partial charge in [-0.15, -0.1) is 0 Å². The van der Waals surface area contributed by atoms with E-state index in [9.17, 15) is 0 Å². The summed E-state index contributed by atoms with van der Waals surface area (Å²) in [5, 5.41) is 4.85. The van der Waals surface area contributed by atoms with Gasteiger partial charge >= 0.3 is 0 Å². The van der Waals surface area contributed by atoms with Crippen LogP contribution in [0.25, 0.3) is 0 Å². The zero-order chi connectivity index (χ0) is 14.2. The third kappa shape index (κ3) is 5.60. The van der Waals surface area contributed by atoms with Gasteiger partial charge in [-0.3, -0.25) is 0 Å². The normalized spacial score (nSPS) is 30.3. The van der Waals surface area contributed by atoms with E-state index in [1.54, 1.807) is 0 Å². The SMILES string of the molecule is CCCNC(CSC1CCCCC1)C1CCCC(C)C1. The molecule has 0 aromatic heterocycles. The Morgan fingerprint density at radius 1 is 1.05 bits per heavy atom. The van der Waals surface area contributed by atoms with Crippen LogP contribution in [0, 0.1) is 11.8 Å². The van der Waals surface area contributed by atoms with Crippen LogP contribution in [-0.4, -0.2) is 23.6 Å². The van der Waals surface area contributed by atoms with Gasteiger partial charge in [0.25, 0.3) is 0 Å². The largest absolute Gasteiger partial charge is 0.313 e. The van der Waals surface area contributed by atoms with Crippen molar-refractivity contribution in [2.45, 2.75) is 89.3 Å². The van der Waals surface area contributed by atoms with Crippen molar-refractivity contribution in [3.8, 4) is 0 Å². The highest BCUT2D eigenvalue weighted by Crippen LogP contribution is 2.34. The van der Waals surface area contributed by atoms with Crippen molar-refractivity contribution in [3.63, 3.8) is 0 Å². The van der Waals surface area contributed by atoms with Crippen LogP contribution in [0.3, 0.4) is 0 Å². The lowest BCUT2D eigenvalue weighted by molar-refractivity contribution is 0.234. The molecule has 3 atom stereocenters. The first-order valence-corrected chi connectivity index (χ1v) is 10.2. The Hall–Kier alpha value is 0.310. The van der Waals surface area contributed by atoms with E-state index in [-0.39, 0.29) is 0 Å². The molecule has 0 saturated heterocycles. The highest BCUT2D eigenvalue weighted by Gasteiger charge is 2.27. The molecule has 2 aliphatic rings. The van der Waals surface area contributed by atoms with Crippen molar-refractivity contribution in [1.29, 1.82) is 0 Å². The average Bonchev–Trinajstić information content (AvgIpc) is 2.48. The van der Waals surface area contributed by atoms with Crippen molar-refractivity contribution in [2.75, 3.05) is 12.3 Å². The molecule has 0 spiro atoms. The molecule has 3 unspecified atom stereocenters. The maximum atomic E-state index is 3.88. The van der Waals surface area contributed by atoms with Gasteiger partial charge < -0.3 is 5.32 Å². The molecule has 20 heavy (non-hydrogen) atoms. The summed E-state index contributed by atoms with van der Waals surface area (Å²) in [6, 6.07) is 0.782. The van der Waals surface area contributed by atoms with Gasteiger partial charge in [0.2, 0.25) is 0 Å². The number of rotatable bonds is 7. The Bertz CT molecular complexity index is 250. The molecule has 1 N–H and O–H groups in total. The van der Waals surface area contributed by atoms with E-state index in [2.05, 4.69) is 30.9 Å². The Morgan fingerprint density at radius 3 is 2.55 bits per heavy atom. The van der Waals surface area contributed by atoms with E-state index in [1.807, 2.05) is 0 Å². The fourth-order valence-electron chi connectivity index (χ4n) is 4.01. The lowest BCUT2D eigenvalue weighted by Gasteiger charge is -2.35. The first kappa shape index (κ1) is 16.7. The topological polar surface area (TPSA) is 12.0 Å². The molecule has 0 bridgehead atoms. The highest BCUT2D eigenvalue weighted by atomic mass is 32.2. The minimum Gasteiger partial charge on any atom is -0.313 e. The molecule has 2 heteroatoms. The molecule has 0 aliphatic heterocycles. The van der Waals surface area contributed by atoms with Crippen LogP contribution < -0.4 is 5.32 Å². The second-order valence-electron chi connectivity index (χ2n) is 7.19. The molecule has 2 aliphatic carbocycles. The lowest BCUT2D eigenvalue weighted by atomic mass is 9.79. The minimum absolute atomic E-state index is 0.782. The summed E-state index contributed by atoms with van der Waals surface area (Å²) in [6.07, 6.45) is 14.5. The van der Waals surface area contributed by atoms with Gasteiger partial charge in [0.15, 0.2) is 0 Å². The molecule has 2 saturated carbocycles. The molecule has 0 radical (unpaired) electrons. The second-order valence-corrected chi connectivity index (χ2v) is 8.52. The van der Waals surface area contributed by atoms with E-state index in [4.69, 9.17) is 0 Å². The predicted molar refractivity (Wildman–Crippen MR) is 92.5 cm³/mol. The summed E-state index contributed by atoms with van der Waals surface area (Å²) in [4.78, 5) is 0. The molecular weight excluding hydrogens is 262 g/mol. The molecule has 0 aromatic carbocycles. The van der Waals surface area contributed by atoms with Gasteiger partial charge in [-0.25, -0.2) is 0 Å². The molecule has 0 amide bonds. The molecule has 2 fully saturated rings.